The predicted molar refractivity (Wildman–Crippen MR) is 80.1 cm³/mol. The molecule has 2 fully saturated rings. The van der Waals surface area contributed by atoms with Gasteiger partial charge in [-0.05, 0) is 32.6 Å². The van der Waals surface area contributed by atoms with E-state index in [1.807, 2.05) is 25.8 Å². The Balaban J connectivity index is 1.59. The first kappa shape index (κ1) is 15.1. The van der Waals surface area contributed by atoms with Crippen LogP contribution in [0.2, 0.25) is 0 Å². The molecule has 2 atom stereocenters. The molecule has 0 aliphatic carbocycles. The number of likely N-dealkylation sites (tertiary alicyclic amines) is 2. The van der Waals surface area contributed by atoms with Crippen molar-refractivity contribution in [2.75, 3.05) is 26.7 Å². The summed E-state index contributed by atoms with van der Waals surface area (Å²) in [6.45, 7) is 5.88. The Labute approximate surface area is 130 Å². The minimum atomic E-state index is 0.00163. The van der Waals surface area contributed by atoms with Crippen molar-refractivity contribution in [3.05, 3.63) is 17.0 Å². The van der Waals surface area contributed by atoms with Crippen molar-refractivity contribution >= 4 is 11.8 Å². The molecule has 3 heterocycles. The largest absolute Gasteiger partial charge is 0.361 e. The molecule has 0 unspecified atom stereocenters. The number of piperidine rings is 1. The van der Waals surface area contributed by atoms with Gasteiger partial charge in [-0.3, -0.25) is 9.59 Å². The third-order valence-electron chi connectivity index (χ3n) is 5.09. The Morgan fingerprint density at radius 2 is 2.14 bits per heavy atom. The summed E-state index contributed by atoms with van der Waals surface area (Å²) in [5, 5.41) is 3.92. The summed E-state index contributed by atoms with van der Waals surface area (Å²) in [4.78, 5) is 28.3. The van der Waals surface area contributed by atoms with E-state index in [-0.39, 0.29) is 17.7 Å². The van der Waals surface area contributed by atoms with Gasteiger partial charge in [0.2, 0.25) is 11.8 Å². The Kier molecular flexibility index (Phi) is 3.93. The van der Waals surface area contributed by atoms with Crippen LogP contribution in [0.15, 0.2) is 4.52 Å². The van der Waals surface area contributed by atoms with Crippen molar-refractivity contribution in [1.29, 1.82) is 0 Å². The third kappa shape index (κ3) is 2.62. The lowest BCUT2D eigenvalue weighted by molar-refractivity contribution is -0.138. The van der Waals surface area contributed by atoms with Crippen LogP contribution in [0.25, 0.3) is 0 Å². The summed E-state index contributed by atoms with van der Waals surface area (Å²) < 4.78 is 5.13. The van der Waals surface area contributed by atoms with Crippen molar-refractivity contribution in [2.45, 2.75) is 33.1 Å². The summed E-state index contributed by atoms with van der Waals surface area (Å²) in [6, 6.07) is 0. The smallest absolute Gasteiger partial charge is 0.227 e. The Morgan fingerprint density at radius 1 is 1.36 bits per heavy atom. The van der Waals surface area contributed by atoms with Gasteiger partial charge in [-0.2, -0.15) is 0 Å². The molecule has 0 aromatic carbocycles. The number of carbonyl (C=O) groups is 2. The minimum Gasteiger partial charge on any atom is -0.361 e. The van der Waals surface area contributed by atoms with Gasteiger partial charge in [-0.1, -0.05) is 5.16 Å². The molecule has 0 radical (unpaired) electrons. The molecule has 6 heteroatoms. The summed E-state index contributed by atoms with van der Waals surface area (Å²) in [5.41, 5.74) is 1.89. The minimum absolute atomic E-state index is 0.00163. The molecule has 1 aromatic rings. The number of carbonyl (C=O) groups excluding carboxylic acids is 2. The first-order valence-corrected chi connectivity index (χ1v) is 7.92. The van der Waals surface area contributed by atoms with Crippen LogP contribution in [0.3, 0.4) is 0 Å². The summed E-state index contributed by atoms with van der Waals surface area (Å²) in [6.07, 6.45) is 2.10. The summed E-state index contributed by atoms with van der Waals surface area (Å²) >= 11 is 0. The lowest BCUT2D eigenvalue weighted by Gasteiger charge is -2.30. The van der Waals surface area contributed by atoms with Gasteiger partial charge >= 0.3 is 0 Å². The molecule has 120 valence electrons. The lowest BCUT2D eigenvalue weighted by atomic mass is 9.88. The maximum atomic E-state index is 12.4. The maximum Gasteiger partial charge on any atom is 0.227 e. The molecule has 0 bridgehead atoms. The van der Waals surface area contributed by atoms with Gasteiger partial charge in [0.1, 0.15) is 5.76 Å². The Morgan fingerprint density at radius 3 is 2.82 bits per heavy atom. The topological polar surface area (TPSA) is 66.7 Å². The van der Waals surface area contributed by atoms with Crippen LogP contribution >= 0.6 is 0 Å². The fourth-order valence-electron chi connectivity index (χ4n) is 3.65. The van der Waals surface area contributed by atoms with Crippen molar-refractivity contribution in [2.24, 2.45) is 11.8 Å². The molecule has 2 aliphatic heterocycles. The number of aryl methyl sites for hydroxylation is 2. The molecular weight excluding hydrogens is 282 g/mol. The second-order valence-electron chi connectivity index (χ2n) is 6.52. The number of rotatable bonds is 3. The van der Waals surface area contributed by atoms with E-state index in [0.717, 1.165) is 36.5 Å². The predicted octanol–water partition coefficient (Wildman–Crippen LogP) is 1.16. The molecule has 2 saturated heterocycles. The lowest BCUT2D eigenvalue weighted by Crippen LogP contribution is -2.42. The number of hydrogen-bond acceptors (Lipinski definition) is 4. The van der Waals surface area contributed by atoms with Gasteiger partial charge in [0, 0.05) is 38.7 Å². The molecule has 2 aliphatic rings. The van der Waals surface area contributed by atoms with Gasteiger partial charge in [-0.25, -0.2) is 0 Å². The monoisotopic (exact) mass is 305 g/mol. The fourth-order valence-corrected chi connectivity index (χ4v) is 3.65. The fraction of sp³-hybridized carbons (Fsp3) is 0.688. The highest BCUT2D eigenvalue weighted by Crippen LogP contribution is 2.32. The van der Waals surface area contributed by atoms with Crippen molar-refractivity contribution in [1.82, 2.24) is 15.0 Å². The zero-order valence-corrected chi connectivity index (χ0v) is 13.5. The summed E-state index contributed by atoms with van der Waals surface area (Å²) in [5.74, 6) is 1.45. The van der Waals surface area contributed by atoms with Crippen molar-refractivity contribution in [3.63, 3.8) is 0 Å². The highest BCUT2D eigenvalue weighted by Gasteiger charge is 2.43. The first-order valence-electron chi connectivity index (χ1n) is 7.92. The average Bonchev–Trinajstić information content (AvgIpc) is 3.06. The third-order valence-corrected chi connectivity index (χ3v) is 5.09. The van der Waals surface area contributed by atoms with E-state index in [1.54, 1.807) is 4.90 Å². The average molecular weight is 305 g/mol. The van der Waals surface area contributed by atoms with Crippen LogP contribution in [0.1, 0.15) is 29.9 Å². The first-order chi connectivity index (χ1) is 10.5. The van der Waals surface area contributed by atoms with E-state index in [9.17, 15) is 9.59 Å². The number of nitrogens with zero attached hydrogens (tertiary/aromatic N) is 3. The highest BCUT2D eigenvalue weighted by molar-refractivity contribution is 5.83. The van der Waals surface area contributed by atoms with Crippen LogP contribution in [-0.4, -0.2) is 53.5 Å². The van der Waals surface area contributed by atoms with Gasteiger partial charge in [0.15, 0.2) is 0 Å². The van der Waals surface area contributed by atoms with E-state index >= 15 is 0 Å². The molecule has 1 aromatic heterocycles. The molecule has 22 heavy (non-hydrogen) atoms. The molecule has 0 N–H and O–H groups in total. The van der Waals surface area contributed by atoms with Crippen LogP contribution in [0.5, 0.6) is 0 Å². The molecule has 0 spiro atoms. The Bertz CT molecular complexity index is 576. The number of fused-ring (bicyclic) bond motifs is 1. The standard InChI is InChI=1S/C16H23N3O3/c1-10-13(11(2)22-17-10)4-5-15(20)19-8-12-6-7-18(3)16(21)14(12)9-19/h12,14H,4-9H2,1-3H3/t12-,14+/m1/s1. The molecule has 3 rings (SSSR count). The van der Waals surface area contributed by atoms with Crippen LogP contribution < -0.4 is 0 Å². The molecule has 0 saturated carbocycles. The number of hydrogen-bond donors (Lipinski definition) is 0. The van der Waals surface area contributed by atoms with Gasteiger partial charge in [0.05, 0.1) is 11.6 Å². The van der Waals surface area contributed by atoms with E-state index in [1.165, 1.54) is 0 Å². The SMILES string of the molecule is Cc1noc(C)c1CCC(=O)N1C[C@H]2CCN(C)C(=O)[C@H]2C1. The van der Waals surface area contributed by atoms with E-state index in [4.69, 9.17) is 4.52 Å². The number of aromatic nitrogens is 1. The molecular formula is C16H23N3O3. The van der Waals surface area contributed by atoms with Gasteiger partial charge in [0.25, 0.3) is 0 Å². The van der Waals surface area contributed by atoms with Crippen LogP contribution in [0.4, 0.5) is 0 Å². The van der Waals surface area contributed by atoms with Gasteiger partial charge < -0.3 is 14.3 Å². The quantitative estimate of drug-likeness (QED) is 0.840. The second-order valence-corrected chi connectivity index (χ2v) is 6.52. The second kappa shape index (κ2) is 5.74. The van der Waals surface area contributed by atoms with Crippen LogP contribution in [0, 0.1) is 25.7 Å². The highest BCUT2D eigenvalue weighted by atomic mass is 16.5. The zero-order chi connectivity index (χ0) is 15.9. The molecule has 6 nitrogen and oxygen atoms in total. The molecule has 2 amide bonds. The zero-order valence-electron chi connectivity index (χ0n) is 13.5. The summed E-state index contributed by atoms with van der Waals surface area (Å²) in [7, 11) is 1.85. The van der Waals surface area contributed by atoms with E-state index in [0.29, 0.717) is 25.3 Å². The number of amides is 2. The van der Waals surface area contributed by atoms with Crippen molar-refractivity contribution in [3.8, 4) is 0 Å². The Hall–Kier alpha value is -1.85. The van der Waals surface area contributed by atoms with Gasteiger partial charge in [-0.15, -0.1) is 0 Å². The van der Waals surface area contributed by atoms with E-state index in [2.05, 4.69) is 5.16 Å². The van der Waals surface area contributed by atoms with Crippen LogP contribution in [-0.2, 0) is 16.0 Å². The normalized spacial score (nSPS) is 24.8. The maximum absolute atomic E-state index is 12.4. The van der Waals surface area contributed by atoms with Crippen molar-refractivity contribution < 1.29 is 14.1 Å². The van der Waals surface area contributed by atoms with E-state index < -0.39 is 0 Å².